The molecule has 0 aliphatic carbocycles. The zero-order valence-electron chi connectivity index (χ0n) is 9.96. The van der Waals surface area contributed by atoms with Gasteiger partial charge >= 0.3 is 0 Å². The highest BCUT2D eigenvalue weighted by atomic mass is 14.9. The lowest BCUT2D eigenvalue weighted by Gasteiger charge is -2.23. The summed E-state index contributed by atoms with van der Waals surface area (Å²) in [6.45, 7) is 7.21. The molecule has 0 aliphatic heterocycles. The number of nitrogens with one attached hydrogen (secondary N) is 1. The highest BCUT2D eigenvalue weighted by Gasteiger charge is 2.13. The summed E-state index contributed by atoms with van der Waals surface area (Å²) in [5, 5.41) is 3.48. The highest BCUT2D eigenvalue weighted by Crippen LogP contribution is 2.15. The molecule has 0 heterocycles. The molecule has 2 unspecified atom stereocenters. The summed E-state index contributed by atoms with van der Waals surface area (Å²) >= 11 is 0. The molecule has 1 aromatic rings. The first-order valence-corrected chi connectivity index (χ1v) is 5.70. The quantitative estimate of drug-likeness (QED) is 0.777. The van der Waals surface area contributed by atoms with Crippen LogP contribution in [0.5, 0.6) is 0 Å². The SMILES string of the molecule is CCC(C)C(CN)Nc1ccc(C)cc1. The van der Waals surface area contributed by atoms with Crippen molar-refractivity contribution in [3.8, 4) is 0 Å². The predicted molar refractivity (Wildman–Crippen MR) is 67.1 cm³/mol. The van der Waals surface area contributed by atoms with Crippen LogP contribution >= 0.6 is 0 Å². The summed E-state index contributed by atoms with van der Waals surface area (Å²) in [6.07, 6.45) is 1.15. The van der Waals surface area contributed by atoms with E-state index in [0.717, 1.165) is 12.1 Å². The van der Waals surface area contributed by atoms with E-state index in [2.05, 4.69) is 50.4 Å². The second-order valence-corrected chi connectivity index (χ2v) is 4.24. The number of benzene rings is 1. The van der Waals surface area contributed by atoms with Crippen molar-refractivity contribution in [2.24, 2.45) is 11.7 Å². The van der Waals surface area contributed by atoms with Gasteiger partial charge in [-0.1, -0.05) is 38.0 Å². The zero-order chi connectivity index (χ0) is 11.3. The molecule has 2 nitrogen and oxygen atoms in total. The molecule has 0 saturated carbocycles. The van der Waals surface area contributed by atoms with Gasteiger partial charge in [0.1, 0.15) is 0 Å². The molecule has 2 heteroatoms. The standard InChI is InChI=1S/C13H22N2/c1-4-11(3)13(9-14)15-12-7-5-10(2)6-8-12/h5-8,11,13,15H,4,9,14H2,1-3H3. The third kappa shape index (κ3) is 3.56. The van der Waals surface area contributed by atoms with Gasteiger partial charge in [0.25, 0.3) is 0 Å². The fraction of sp³-hybridized carbons (Fsp3) is 0.538. The van der Waals surface area contributed by atoms with E-state index in [9.17, 15) is 0 Å². The minimum Gasteiger partial charge on any atom is -0.381 e. The Morgan fingerprint density at radius 3 is 2.33 bits per heavy atom. The summed E-state index contributed by atoms with van der Waals surface area (Å²) in [7, 11) is 0. The van der Waals surface area contributed by atoms with Crippen molar-refractivity contribution in [3.05, 3.63) is 29.8 Å². The molecule has 0 fully saturated rings. The maximum atomic E-state index is 5.76. The van der Waals surface area contributed by atoms with Gasteiger partial charge in [-0.15, -0.1) is 0 Å². The monoisotopic (exact) mass is 206 g/mol. The van der Waals surface area contributed by atoms with Crippen LogP contribution in [0.3, 0.4) is 0 Å². The van der Waals surface area contributed by atoms with E-state index in [-0.39, 0.29) is 0 Å². The second kappa shape index (κ2) is 5.76. The number of hydrogen-bond donors (Lipinski definition) is 2. The average molecular weight is 206 g/mol. The van der Waals surface area contributed by atoms with E-state index in [1.54, 1.807) is 0 Å². The molecule has 84 valence electrons. The fourth-order valence-electron chi connectivity index (χ4n) is 1.58. The van der Waals surface area contributed by atoms with E-state index < -0.39 is 0 Å². The molecule has 0 saturated heterocycles. The van der Waals surface area contributed by atoms with E-state index >= 15 is 0 Å². The van der Waals surface area contributed by atoms with Crippen LogP contribution in [0.2, 0.25) is 0 Å². The number of rotatable bonds is 5. The zero-order valence-corrected chi connectivity index (χ0v) is 9.96. The normalized spacial score (nSPS) is 14.7. The lowest BCUT2D eigenvalue weighted by Crippen LogP contribution is -2.34. The first kappa shape index (κ1) is 12.1. The molecule has 0 radical (unpaired) electrons. The van der Waals surface area contributed by atoms with Gasteiger partial charge in [0.05, 0.1) is 0 Å². The Hall–Kier alpha value is -1.02. The van der Waals surface area contributed by atoms with Crippen LogP contribution in [0.25, 0.3) is 0 Å². The largest absolute Gasteiger partial charge is 0.381 e. The molecule has 0 bridgehead atoms. The first-order valence-electron chi connectivity index (χ1n) is 5.70. The fourth-order valence-corrected chi connectivity index (χ4v) is 1.58. The van der Waals surface area contributed by atoms with Crippen molar-refractivity contribution in [3.63, 3.8) is 0 Å². The first-order chi connectivity index (χ1) is 7.17. The Bertz CT molecular complexity index is 279. The highest BCUT2D eigenvalue weighted by molar-refractivity contribution is 5.45. The molecule has 2 atom stereocenters. The lowest BCUT2D eigenvalue weighted by molar-refractivity contribution is 0.474. The van der Waals surface area contributed by atoms with Gasteiger partial charge in [0.15, 0.2) is 0 Å². The Morgan fingerprint density at radius 2 is 1.87 bits per heavy atom. The summed E-state index contributed by atoms with van der Waals surface area (Å²) in [5.74, 6) is 0.608. The smallest absolute Gasteiger partial charge is 0.0409 e. The Morgan fingerprint density at radius 1 is 1.27 bits per heavy atom. The maximum absolute atomic E-state index is 5.76. The topological polar surface area (TPSA) is 38.0 Å². The van der Waals surface area contributed by atoms with Crippen LogP contribution in [0.1, 0.15) is 25.8 Å². The van der Waals surface area contributed by atoms with Crippen molar-refractivity contribution in [1.29, 1.82) is 0 Å². The van der Waals surface area contributed by atoms with Gasteiger partial charge in [-0.2, -0.15) is 0 Å². The van der Waals surface area contributed by atoms with Crippen LogP contribution in [0.15, 0.2) is 24.3 Å². The van der Waals surface area contributed by atoms with Crippen LogP contribution in [-0.2, 0) is 0 Å². The van der Waals surface area contributed by atoms with Gasteiger partial charge in [-0.3, -0.25) is 0 Å². The van der Waals surface area contributed by atoms with Crippen LogP contribution in [0.4, 0.5) is 5.69 Å². The van der Waals surface area contributed by atoms with Gasteiger partial charge in [0, 0.05) is 18.3 Å². The molecular weight excluding hydrogens is 184 g/mol. The third-order valence-electron chi connectivity index (χ3n) is 2.99. The van der Waals surface area contributed by atoms with E-state index in [1.807, 2.05) is 0 Å². The van der Waals surface area contributed by atoms with E-state index in [4.69, 9.17) is 5.73 Å². The Kier molecular flexibility index (Phi) is 4.63. The van der Waals surface area contributed by atoms with Gasteiger partial charge in [-0.05, 0) is 25.0 Å². The van der Waals surface area contributed by atoms with E-state index in [1.165, 1.54) is 5.56 Å². The van der Waals surface area contributed by atoms with Crippen LogP contribution < -0.4 is 11.1 Å². The maximum Gasteiger partial charge on any atom is 0.0409 e. The number of hydrogen-bond acceptors (Lipinski definition) is 2. The van der Waals surface area contributed by atoms with Crippen molar-refractivity contribution in [2.75, 3.05) is 11.9 Å². The molecule has 0 aromatic heterocycles. The summed E-state index contributed by atoms with van der Waals surface area (Å²) in [5.41, 5.74) is 8.21. The Balaban J connectivity index is 2.62. The molecule has 0 amide bonds. The summed E-state index contributed by atoms with van der Waals surface area (Å²) in [6, 6.07) is 8.83. The molecular formula is C13H22N2. The minimum absolute atomic E-state index is 0.373. The van der Waals surface area contributed by atoms with Gasteiger partial charge in [-0.25, -0.2) is 0 Å². The van der Waals surface area contributed by atoms with Crippen LogP contribution in [0, 0.1) is 12.8 Å². The van der Waals surface area contributed by atoms with Crippen molar-refractivity contribution < 1.29 is 0 Å². The molecule has 1 rings (SSSR count). The number of nitrogens with two attached hydrogens (primary N) is 1. The van der Waals surface area contributed by atoms with Gasteiger partial charge < -0.3 is 11.1 Å². The molecule has 1 aromatic carbocycles. The third-order valence-corrected chi connectivity index (χ3v) is 2.99. The lowest BCUT2D eigenvalue weighted by atomic mass is 9.99. The Labute approximate surface area is 92.9 Å². The van der Waals surface area contributed by atoms with Crippen molar-refractivity contribution in [2.45, 2.75) is 33.2 Å². The number of aryl methyl sites for hydroxylation is 1. The second-order valence-electron chi connectivity index (χ2n) is 4.24. The van der Waals surface area contributed by atoms with E-state index in [0.29, 0.717) is 18.5 Å². The van der Waals surface area contributed by atoms with Crippen molar-refractivity contribution in [1.82, 2.24) is 0 Å². The summed E-state index contributed by atoms with van der Waals surface area (Å²) < 4.78 is 0. The number of anilines is 1. The molecule has 0 aliphatic rings. The predicted octanol–water partition coefficient (Wildman–Crippen LogP) is 2.78. The van der Waals surface area contributed by atoms with Crippen LogP contribution in [-0.4, -0.2) is 12.6 Å². The molecule has 15 heavy (non-hydrogen) atoms. The van der Waals surface area contributed by atoms with Gasteiger partial charge in [0.2, 0.25) is 0 Å². The summed E-state index contributed by atoms with van der Waals surface area (Å²) in [4.78, 5) is 0. The van der Waals surface area contributed by atoms with Crippen molar-refractivity contribution >= 4 is 5.69 Å². The molecule has 0 spiro atoms. The average Bonchev–Trinajstić information content (AvgIpc) is 2.27. The molecule has 3 N–H and O–H groups in total. The minimum atomic E-state index is 0.373.